The van der Waals surface area contributed by atoms with Crippen molar-refractivity contribution in [3.8, 4) is 5.75 Å². The van der Waals surface area contributed by atoms with Crippen LogP contribution in [0.5, 0.6) is 5.75 Å². The molecule has 0 saturated carbocycles. The molecule has 0 heterocycles. The fourth-order valence-electron chi connectivity index (χ4n) is 2.40. The first-order valence-corrected chi connectivity index (χ1v) is 7.58. The molecule has 2 amide bonds. The van der Waals surface area contributed by atoms with Crippen molar-refractivity contribution < 1.29 is 23.5 Å². The highest BCUT2D eigenvalue weighted by molar-refractivity contribution is 5.93. The molecular weight excluding hydrogens is 330 g/mol. The molecule has 0 unspecified atom stereocenters. The third kappa shape index (κ3) is 5.00. The van der Waals surface area contributed by atoms with E-state index in [0.29, 0.717) is 6.07 Å². The molecule has 2 aromatic carbocycles. The summed E-state index contributed by atoms with van der Waals surface area (Å²) in [6.07, 6.45) is -0.282. The molecule has 0 aromatic heterocycles. The largest absolute Gasteiger partial charge is 0.506 e. The van der Waals surface area contributed by atoms with Crippen LogP contribution in [0, 0.1) is 18.6 Å². The molecular formula is C18H18F2N2O3. The quantitative estimate of drug-likeness (QED) is 0.726. The molecule has 0 bridgehead atoms. The Kier molecular flexibility index (Phi) is 5.69. The SMILES string of the molecule is CC(=O)N[C@@H](CC(=O)Nc1cc(C)ccc1O)c1ccc(F)cc1F. The average molecular weight is 348 g/mol. The van der Waals surface area contributed by atoms with E-state index in [1.165, 1.54) is 19.1 Å². The molecule has 0 spiro atoms. The van der Waals surface area contributed by atoms with E-state index in [1.54, 1.807) is 19.1 Å². The van der Waals surface area contributed by atoms with E-state index in [-0.39, 0.29) is 23.4 Å². The number of amides is 2. The number of carbonyl (C=O) groups excluding carboxylic acids is 2. The monoisotopic (exact) mass is 348 g/mol. The highest BCUT2D eigenvalue weighted by Gasteiger charge is 2.21. The Labute approximate surface area is 143 Å². The summed E-state index contributed by atoms with van der Waals surface area (Å²) >= 11 is 0. The lowest BCUT2D eigenvalue weighted by molar-refractivity contribution is -0.120. The first-order chi connectivity index (χ1) is 11.8. The number of nitrogens with one attached hydrogen (secondary N) is 2. The number of hydrogen-bond acceptors (Lipinski definition) is 3. The van der Waals surface area contributed by atoms with Crippen molar-refractivity contribution in [2.24, 2.45) is 0 Å². The maximum absolute atomic E-state index is 14.0. The predicted molar refractivity (Wildman–Crippen MR) is 89.0 cm³/mol. The highest BCUT2D eigenvalue weighted by atomic mass is 19.1. The number of benzene rings is 2. The second-order valence-corrected chi connectivity index (χ2v) is 5.69. The van der Waals surface area contributed by atoms with E-state index >= 15 is 0 Å². The van der Waals surface area contributed by atoms with E-state index in [1.807, 2.05) is 0 Å². The molecule has 0 fully saturated rings. The summed E-state index contributed by atoms with van der Waals surface area (Å²) in [6.45, 7) is 3.03. The second-order valence-electron chi connectivity index (χ2n) is 5.69. The van der Waals surface area contributed by atoms with E-state index in [9.17, 15) is 23.5 Å². The van der Waals surface area contributed by atoms with Gasteiger partial charge in [0.2, 0.25) is 11.8 Å². The minimum absolute atomic E-state index is 0.000198. The van der Waals surface area contributed by atoms with Gasteiger partial charge < -0.3 is 15.7 Å². The Morgan fingerprint density at radius 3 is 2.52 bits per heavy atom. The maximum Gasteiger partial charge on any atom is 0.226 e. The standard InChI is InChI=1S/C18H18F2N2O3/c1-10-3-6-17(24)16(7-10)22-18(25)9-15(21-11(2)23)13-5-4-12(19)8-14(13)20/h3-8,15,24H,9H2,1-2H3,(H,21,23)(H,22,25)/t15-/m0/s1. The number of phenols is 1. The number of carbonyl (C=O) groups is 2. The summed E-state index contributed by atoms with van der Waals surface area (Å²) in [5.41, 5.74) is 1.04. The third-order valence-corrected chi connectivity index (χ3v) is 3.53. The zero-order valence-electron chi connectivity index (χ0n) is 13.8. The number of halogens is 2. The summed E-state index contributed by atoms with van der Waals surface area (Å²) < 4.78 is 27.1. The van der Waals surface area contributed by atoms with Crippen molar-refractivity contribution in [1.29, 1.82) is 0 Å². The first-order valence-electron chi connectivity index (χ1n) is 7.58. The van der Waals surface area contributed by atoms with Crippen LogP contribution in [0.1, 0.15) is 30.5 Å². The fourth-order valence-corrected chi connectivity index (χ4v) is 2.40. The molecule has 25 heavy (non-hydrogen) atoms. The van der Waals surface area contributed by atoms with Gasteiger partial charge in [0.15, 0.2) is 0 Å². The van der Waals surface area contributed by atoms with Crippen molar-refractivity contribution >= 4 is 17.5 Å². The van der Waals surface area contributed by atoms with Crippen LogP contribution in [0.15, 0.2) is 36.4 Å². The second kappa shape index (κ2) is 7.74. The van der Waals surface area contributed by atoms with Crippen LogP contribution < -0.4 is 10.6 Å². The van der Waals surface area contributed by atoms with Gasteiger partial charge in [-0.1, -0.05) is 12.1 Å². The molecule has 0 aliphatic carbocycles. The molecule has 0 aliphatic rings. The van der Waals surface area contributed by atoms with Crippen LogP contribution in [-0.2, 0) is 9.59 Å². The van der Waals surface area contributed by atoms with Crippen molar-refractivity contribution in [3.05, 3.63) is 59.2 Å². The highest BCUT2D eigenvalue weighted by Crippen LogP contribution is 2.26. The van der Waals surface area contributed by atoms with Gasteiger partial charge in [-0.25, -0.2) is 8.78 Å². The molecule has 0 aliphatic heterocycles. The van der Waals surface area contributed by atoms with Crippen LogP contribution >= 0.6 is 0 Å². The molecule has 7 heteroatoms. The van der Waals surface area contributed by atoms with Crippen molar-refractivity contribution in [2.45, 2.75) is 26.3 Å². The predicted octanol–water partition coefficient (Wildman–Crippen LogP) is 3.18. The molecule has 0 saturated heterocycles. The van der Waals surface area contributed by atoms with Gasteiger partial charge in [0.1, 0.15) is 17.4 Å². The van der Waals surface area contributed by atoms with Crippen molar-refractivity contribution in [3.63, 3.8) is 0 Å². The zero-order chi connectivity index (χ0) is 18.6. The lowest BCUT2D eigenvalue weighted by atomic mass is 10.0. The summed E-state index contributed by atoms with van der Waals surface area (Å²) in [4.78, 5) is 23.6. The Hall–Kier alpha value is -2.96. The first kappa shape index (κ1) is 18.4. The van der Waals surface area contributed by atoms with Gasteiger partial charge in [0.05, 0.1) is 18.2 Å². The molecule has 0 radical (unpaired) electrons. The van der Waals surface area contributed by atoms with Crippen molar-refractivity contribution in [1.82, 2.24) is 5.32 Å². The van der Waals surface area contributed by atoms with Gasteiger partial charge in [0.25, 0.3) is 0 Å². The number of phenolic OH excluding ortho intramolecular Hbond substituents is 1. The Morgan fingerprint density at radius 2 is 1.88 bits per heavy atom. The summed E-state index contributed by atoms with van der Waals surface area (Å²) in [7, 11) is 0. The molecule has 132 valence electrons. The van der Waals surface area contributed by atoms with Gasteiger partial charge in [-0.05, 0) is 30.7 Å². The number of rotatable bonds is 5. The molecule has 2 rings (SSSR count). The van der Waals surface area contributed by atoms with Crippen LogP contribution in [0.3, 0.4) is 0 Å². The van der Waals surface area contributed by atoms with Crippen LogP contribution in [-0.4, -0.2) is 16.9 Å². The summed E-state index contributed by atoms with van der Waals surface area (Å²) in [5.74, 6) is -2.71. The van der Waals surface area contributed by atoms with E-state index in [0.717, 1.165) is 11.6 Å². The van der Waals surface area contributed by atoms with Gasteiger partial charge in [0, 0.05) is 18.6 Å². The summed E-state index contributed by atoms with van der Waals surface area (Å²) in [6, 6.07) is 6.66. The third-order valence-electron chi connectivity index (χ3n) is 3.53. The van der Waals surface area contributed by atoms with Gasteiger partial charge >= 0.3 is 0 Å². The average Bonchev–Trinajstić information content (AvgIpc) is 2.50. The maximum atomic E-state index is 14.0. The molecule has 5 nitrogen and oxygen atoms in total. The van der Waals surface area contributed by atoms with E-state index in [4.69, 9.17) is 0 Å². The van der Waals surface area contributed by atoms with Crippen LogP contribution in [0.25, 0.3) is 0 Å². The molecule has 3 N–H and O–H groups in total. The smallest absolute Gasteiger partial charge is 0.226 e. The number of aromatic hydroxyl groups is 1. The fraction of sp³-hybridized carbons (Fsp3) is 0.222. The van der Waals surface area contributed by atoms with Crippen molar-refractivity contribution in [2.75, 3.05) is 5.32 Å². The minimum atomic E-state index is -0.968. The van der Waals surface area contributed by atoms with Gasteiger partial charge in [-0.2, -0.15) is 0 Å². The Balaban J connectivity index is 2.20. The number of hydrogen-bond donors (Lipinski definition) is 3. The topological polar surface area (TPSA) is 78.4 Å². The van der Waals surface area contributed by atoms with E-state index in [2.05, 4.69) is 10.6 Å². The summed E-state index contributed by atoms with van der Waals surface area (Å²) in [5, 5.41) is 14.8. The van der Waals surface area contributed by atoms with Gasteiger partial charge in [-0.3, -0.25) is 9.59 Å². The van der Waals surface area contributed by atoms with Crippen LogP contribution in [0.4, 0.5) is 14.5 Å². The molecule has 1 atom stereocenters. The normalized spacial score (nSPS) is 11.7. The lowest BCUT2D eigenvalue weighted by Gasteiger charge is -2.19. The number of aryl methyl sites for hydroxylation is 1. The Bertz CT molecular complexity index is 809. The number of anilines is 1. The molecule has 2 aromatic rings. The zero-order valence-corrected chi connectivity index (χ0v) is 13.8. The Morgan fingerprint density at radius 1 is 1.16 bits per heavy atom. The van der Waals surface area contributed by atoms with E-state index < -0.39 is 29.5 Å². The minimum Gasteiger partial charge on any atom is -0.506 e. The lowest BCUT2D eigenvalue weighted by Crippen LogP contribution is -2.30. The van der Waals surface area contributed by atoms with Gasteiger partial charge in [-0.15, -0.1) is 0 Å². The van der Waals surface area contributed by atoms with Crippen LogP contribution in [0.2, 0.25) is 0 Å².